The van der Waals surface area contributed by atoms with Gasteiger partial charge in [0.2, 0.25) is 12.1 Å². The number of likely N-dealkylation sites (tertiary alicyclic amines) is 1. The molecule has 1 saturated heterocycles. The van der Waals surface area contributed by atoms with E-state index in [1.807, 2.05) is 20.8 Å². The van der Waals surface area contributed by atoms with Crippen molar-refractivity contribution < 1.29 is 9.69 Å². The summed E-state index contributed by atoms with van der Waals surface area (Å²) in [7, 11) is 0. The maximum absolute atomic E-state index is 12.0. The smallest absolute Gasteiger partial charge is 0.262 e. The summed E-state index contributed by atoms with van der Waals surface area (Å²) in [4.78, 5) is 13.1. The fraction of sp³-hybridized carbons (Fsp3) is 0.909. The van der Waals surface area contributed by atoms with Gasteiger partial charge in [0, 0.05) is 18.3 Å². The highest BCUT2D eigenvalue weighted by Gasteiger charge is 2.44. The van der Waals surface area contributed by atoms with Crippen molar-refractivity contribution in [1.29, 1.82) is 0 Å². The number of carbonyl (C=O) groups is 1. The van der Waals surface area contributed by atoms with Gasteiger partial charge in [-0.3, -0.25) is 4.79 Å². The Morgan fingerprint density at radius 3 is 2.00 bits per heavy atom. The normalized spacial score (nSPS) is 20.4. The fourth-order valence-corrected chi connectivity index (χ4v) is 2.51. The zero-order chi connectivity index (χ0) is 13.3. The van der Waals surface area contributed by atoms with Crippen LogP contribution in [0, 0.1) is 5.41 Å². The largest absolute Gasteiger partial charge is 0.312 e. The zero-order valence-corrected chi connectivity index (χ0v) is 12.7. The topological polar surface area (TPSA) is 33.5 Å². The number of rotatable bonds is 2. The Balaban J connectivity index is 2.74. The highest BCUT2D eigenvalue weighted by Crippen LogP contribution is 2.28. The molecule has 1 fully saturated rings. The van der Waals surface area contributed by atoms with Crippen molar-refractivity contribution >= 4 is 40.7 Å². The van der Waals surface area contributed by atoms with E-state index in [4.69, 9.17) is 34.8 Å². The predicted octanol–water partition coefficient (Wildman–Crippen LogP) is 1.52. The van der Waals surface area contributed by atoms with E-state index < -0.39 is 15.4 Å². The highest BCUT2D eigenvalue weighted by atomic mass is 35.6. The summed E-state index contributed by atoms with van der Waals surface area (Å²) >= 11 is 17.9. The summed E-state index contributed by atoms with van der Waals surface area (Å²) in [6, 6.07) is 0. The Hall–Kier alpha value is 0.300. The predicted molar refractivity (Wildman–Crippen MR) is 71.6 cm³/mol. The molecule has 0 radical (unpaired) electrons. The van der Waals surface area contributed by atoms with Gasteiger partial charge < -0.3 is 10.2 Å². The molecule has 0 saturated carbocycles. The van der Waals surface area contributed by atoms with E-state index in [1.165, 1.54) is 0 Å². The summed E-state index contributed by atoms with van der Waals surface area (Å²) in [6.45, 7) is 7.40. The number of hydrogen-bond donors (Lipinski definition) is 2. The van der Waals surface area contributed by atoms with Crippen LogP contribution >= 0.6 is 34.8 Å². The van der Waals surface area contributed by atoms with Gasteiger partial charge in [-0.2, -0.15) is 0 Å². The molecule has 1 atom stereocenters. The molecule has 1 aliphatic rings. The van der Waals surface area contributed by atoms with Gasteiger partial charge in [-0.15, -0.1) is 0 Å². The minimum Gasteiger partial charge on any atom is -0.312 e. The molecule has 0 aliphatic carbocycles. The number of amides is 1. The van der Waals surface area contributed by atoms with Gasteiger partial charge in [0.25, 0.3) is 3.79 Å². The molecule has 0 aromatic rings. The van der Waals surface area contributed by atoms with Gasteiger partial charge in [0.15, 0.2) is 0 Å². The minimum absolute atomic E-state index is 0.0896. The van der Waals surface area contributed by atoms with Crippen LogP contribution in [0.2, 0.25) is 0 Å². The third kappa shape index (κ3) is 4.47. The van der Waals surface area contributed by atoms with Crippen LogP contribution < -0.4 is 10.2 Å². The Labute approximate surface area is 118 Å². The first-order valence-electron chi connectivity index (χ1n) is 5.84. The van der Waals surface area contributed by atoms with E-state index in [0.717, 1.165) is 30.8 Å². The molecule has 1 heterocycles. The van der Waals surface area contributed by atoms with E-state index >= 15 is 0 Å². The van der Waals surface area contributed by atoms with Crippen LogP contribution in [0.5, 0.6) is 0 Å². The molecule has 0 aromatic carbocycles. The molecule has 1 aliphatic heterocycles. The van der Waals surface area contributed by atoms with Crippen LogP contribution in [0.1, 0.15) is 33.6 Å². The van der Waals surface area contributed by atoms with E-state index in [0.29, 0.717) is 0 Å². The number of carbonyl (C=O) groups excluding carboxylic acids is 1. The highest BCUT2D eigenvalue weighted by molar-refractivity contribution is 6.68. The van der Waals surface area contributed by atoms with Gasteiger partial charge >= 0.3 is 0 Å². The first-order chi connectivity index (χ1) is 7.62. The van der Waals surface area contributed by atoms with Crippen LogP contribution in [0.25, 0.3) is 0 Å². The Morgan fingerprint density at radius 1 is 1.18 bits per heavy atom. The lowest BCUT2D eigenvalue weighted by atomic mass is 9.95. The molecule has 0 spiro atoms. The summed E-state index contributed by atoms with van der Waals surface area (Å²) in [5.41, 5.74) is -0.479. The van der Waals surface area contributed by atoms with Crippen LogP contribution in [0.3, 0.4) is 0 Å². The SMILES string of the molecule is CC(C)(C)C(=O)N[C@H]([NH+]1CCCC1)C(Cl)(Cl)Cl. The Bertz CT molecular complexity index is 277. The third-order valence-corrected chi connectivity index (χ3v) is 3.59. The molecule has 6 heteroatoms. The average Bonchev–Trinajstić information content (AvgIpc) is 2.62. The molecular formula is C11H20Cl3N2O+. The zero-order valence-electron chi connectivity index (χ0n) is 10.4. The Morgan fingerprint density at radius 2 is 1.65 bits per heavy atom. The number of alkyl halides is 3. The van der Waals surface area contributed by atoms with E-state index in [9.17, 15) is 4.79 Å². The average molecular weight is 303 g/mol. The van der Waals surface area contributed by atoms with Crippen molar-refractivity contribution in [2.75, 3.05) is 13.1 Å². The van der Waals surface area contributed by atoms with Crippen molar-refractivity contribution in [3.05, 3.63) is 0 Å². The second-order valence-electron chi connectivity index (χ2n) is 5.56. The summed E-state index contributed by atoms with van der Waals surface area (Å²) < 4.78 is -1.47. The molecule has 100 valence electrons. The van der Waals surface area contributed by atoms with Crippen molar-refractivity contribution in [2.45, 2.75) is 43.6 Å². The van der Waals surface area contributed by atoms with Gasteiger partial charge in [-0.25, -0.2) is 0 Å². The fourth-order valence-electron chi connectivity index (χ4n) is 1.88. The third-order valence-electron chi connectivity index (χ3n) is 2.94. The molecule has 17 heavy (non-hydrogen) atoms. The quantitative estimate of drug-likeness (QED) is 0.745. The monoisotopic (exact) mass is 301 g/mol. The Kier molecular flexibility index (Phi) is 4.98. The molecule has 0 aromatic heterocycles. The van der Waals surface area contributed by atoms with Crippen LogP contribution in [-0.2, 0) is 4.79 Å². The van der Waals surface area contributed by atoms with E-state index in [1.54, 1.807) is 0 Å². The van der Waals surface area contributed by atoms with Crippen LogP contribution in [0.4, 0.5) is 0 Å². The van der Waals surface area contributed by atoms with Gasteiger partial charge in [0.05, 0.1) is 13.1 Å². The first-order valence-corrected chi connectivity index (χ1v) is 6.98. The lowest BCUT2D eigenvalue weighted by Crippen LogP contribution is -3.17. The minimum atomic E-state index is -1.47. The number of nitrogens with one attached hydrogen (secondary N) is 2. The van der Waals surface area contributed by atoms with Gasteiger partial charge in [-0.05, 0) is 0 Å². The summed E-state index contributed by atoms with van der Waals surface area (Å²) in [5, 5.41) is 2.87. The lowest BCUT2D eigenvalue weighted by Gasteiger charge is -2.32. The molecule has 3 nitrogen and oxygen atoms in total. The molecule has 1 rings (SSSR count). The standard InChI is InChI=1S/C11H19Cl3N2O/c1-10(2,3)9(17)15-8(11(12,13)14)16-6-4-5-7-16/h8H,4-7H2,1-3H3,(H,15,17)/p+1/t8-/m1/s1. The second kappa shape index (κ2) is 5.52. The van der Waals surface area contributed by atoms with Crippen molar-refractivity contribution in [2.24, 2.45) is 5.41 Å². The second-order valence-corrected chi connectivity index (χ2v) is 7.93. The van der Waals surface area contributed by atoms with Crippen molar-refractivity contribution in [1.82, 2.24) is 5.32 Å². The molecule has 0 unspecified atom stereocenters. The molecule has 0 bridgehead atoms. The molecule has 1 amide bonds. The van der Waals surface area contributed by atoms with Crippen molar-refractivity contribution in [3.63, 3.8) is 0 Å². The first kappa shape index (κ1) is 15.4. The lowest BCUT2D eigenvalue weighted by molar-refractivity contribution is -0.915. The number of quaternary nitrogens is 1. The van der Waals surface area contributed by atoms with Crippen LogP contribution in [0.15, 0.2) is 0 Å². The van der Waals surface area contributed by atoms with Gasteiger partial charge in [0.1, 0.15) is 0 Å². The van der Waals surface area contributed by atoms with E-state index in [2.05, 4.69) is 5.32 Å². The maximum atomic E-state index is 12.0. The van der Waals surface area contributed by atoms with E-state index in [-0.39, 0.29) is 5.91 Å². The molecule has 2 N–H and O–H groups in total. The number of hydrogen-bond acceptors (Lipinski definition) is 1. The van der Waals surface area contributed by atoms with Crippen LogP contribution in [-0.4, -0.2) is 29.0 Å². The van der Waals surface area contributed by atoms with Gasteiger partial charge in [-0.1, -0.05) is 55.6 Å². The van der Waals surface area contributed by atoms with Crippen molar-refractivity contribution in [3.8, 4) is 0 Å². The molecular weight excluding hydrogens is 282 g/mol. The summed E-state index contributed by atoms with van der Waals surface area (Å²) in [5.74, 6) is -0.0896. The number of halogens is 3. The summed E-state index contributed by atoms with van der Waals surface area (Å²) in [6.07, 6.45) is 1.75. The maximum Gasteiger partial charge on any atom is 0.262 e.